The van der Waals surface area contributed by atoms with Crippen molar-refractivity contribution in [2.45, 2.75) is 24.2 Å². The van der Waals surface area contributed by atoms with Crippen LogP contribution in [-0.4, -0.2) is 33.5 Å². The number of nitrogens with zero attached hydrogens (tertiary/aromatic N) is 4. The Morgan fingerprint density at radius 1 is 0.569 bits per heavy atom. The second-order valence-electron chi connectivity index (χ2n) is 12.5. The van der Waals surface area contributed by atoms with Crippen LogP contribution in [0.25, 0.3) is 0 Å². The van der Waals surface area contributed by atoms with Gasteiger partial charge < -0.3 is 11.1 Å². The van der Waals surface area contributed by atoms with Crippen LogP contribution in [0.3, 0.4) is 0 Å². The first-order chi connectivity index (χ1) is 25.0. The maximum atomic E-state index is 14.7. The summed E-state index contributed by atoms with van der Waals surface area (Å²) in [6, 6.07) is 48.2. The molecule has 0 saturated carbocycles. The maximum Gasteiger partial charge on any atom is 0.266 e. The summed E-state index contributed by atoms with van der Waals surface area (Å²) in [5.41, 5.74) is 9.60. The van der Waals surface area contributed by atoms with Crippen molar-refractivity contribution < 1.29 is 9.59 Å². The predicted molar refractivity (Wildman–Crippen MR) is 202 cm³/mol. The highest BCUT2D eigenvalue weighted by Gasteiger charge is 2.52. The number of carbonyl (C=O) groups is 2. The Hall–Kier alpha value is -6.32. The highest BCUT2D eigenvalue weighted by Crippen LogP contribution is 2.42. The van der Waals surface area contributed by atoms with Crippen LogP contribution in [0.5, 0.6) is 0 Å². The van der Waals surface area contributed by atoms with Gasteiger partial charge in [0, 0.05) is 5.69 Å². The highest BCUT2D eigenvalue weighted by molar-refractivity contribution is 7.07. The molecule has 8 rings (SSSR count). The molecule has 0 aliphatic carbocycles. The SMILES string of the molecule is NC1=NC(c2ccccc2)(c2ccccc2)C(=O)N1Cc1cccc(NC2=NC(c3ccccc3)(c3ccccc3)C(=O)N2Cc2ccsc2)c1. The Morgan fingerprint density at radius 2 is 1.06 bits per heavy atom. The van der Waals surface area contributed by atoms with E-state index in [0.717, 1.165) is 33.4 Å². The van der Waals surface area contributed by atoms with E-state index >= 15 is 0 Å². The summed E-state index contributed by atoms with van der Waals surface area (Å²) in [7, 11) is 0. The Labute approximate surface area is 300 Å². The molecule has 0 fully saturated rings. The predicted octanol–water partition coefficient (Wildman–Crippen LogP) is 7.10. The van der Waals surface area contributed by atoms with Gasteiger partial charge in [0.25, 0.3) is 11.8 Å². The van der Waals surface area contributed by atoms with Gasteiger partial charge in [0.05, 0.1) is 13.1 Å². The molecular formula is C42H34N6O2S. The topological polar surface area (TPSA) is 103 Å². The number of aliphatic imine (C=N–C) groups is 2. The largest absolute Gasteiger partial charge is 0.369 e. The number of hydrogen-bond donors (Lipinski definition) is 2. The van der Waals surface area contributed by atoms with Gasteiger partial charge in [0.1, 0.15) is 0 Å². The van der Waals surface area contributed by atoms with Gasteiger partial charge in [-0.05, 0) is 62.3 Å². The molecule has 0 bridgehead atoms. The normalized spacial score (nSPS) is 16.2. The van der Waals surface area contributed by atoms with Crippen LogP contribution in [0.4, 0.5) is 5.69 Å². The van der Waals surface area contributed by atoms with Gasteiger partial charge in [0.15, 0.2) is 17.0 Å². The Morgan fingerprint density at radius 3 is 1.57 bits per heavy atom. The third-order valence-electron chi connectivity index (χ3n) is 9.41. The van der Waals surface area contributed by atoms with Crippen LogP contribution in [0.1, 0.15) is 33.4 Å². The zero-order valence-electron chi connectivity index (χ0n) is 27.6. The maximum absolute atomic E-state index is 14.7. The third kappa shape index (κ3) is 5.57. The number of guanidine groups is 2. The molecule has 2 amide bonds. The van der Waals surface area contributed by atoms with E-state index < -0.39 is 11.1 Å². The summed E-state index contributed by atoms with van der Waals surface area (Å²) in [6.45, 7) is 0.554. The molecule has 3 N–H and O–H groups in total. The Balaban J connectivity index is 1.14. The van der Waals surface area contributed by atoms with Crippen molar-refractivity contribution in [2.24, 2.45) is 15.7 Å². The van der Waals surface area contributed by atoms with Gasteiger partial charge in [-0.25, -0.2) is 9.98 Å². The van der Waals surface area contributed by atoms with Crippen molar-refractivity contribution in [3.63, 3.8) is 0 Å². The second-order valence-corrected chi connectivity index (χ2v) is 13.3. The first-order valence-corrected chi connectivity index (χ1v) is 17.6. The zero-order valence-corrected chi connectivity index (χ0v) is 28.4. The highest BCUT2D eigenvalue weighted by atomic mass is 32.1. The lowest BCUT2D eigenvalue weighted by molar-refractivity contribution is -0.131. The van der Waals surface area contributed by atoms with E-state index in [9.17, 15) is 9.59 Å². The molecule has 6 aromatic rings. The second kappa shape index (κ2) is 13.2. The molecule has 0 saturated heterocycles. The lowest BCUT2D eigenvalue weighted by atomic mass is 9.83. The number of nitrogens with two attached hydrogens (primary N) is 1. The van der Waals surface area contributed by atoms with Crippen LogP contribution >= 0.6 is 11.3 Å². The van der Waals surface area contributed by atoms with Gasteiger partial charge in [-0.2, -0.15) is 11.3 Å². The lowest BCUT2D eigenvalue weighted by Crippen LogP contribution is -2.43. The number of anilines is 1. The molecule has 5 aromatic carbocycles. The van der Waals surface area contributed by atoms with Crippen molar-refractivity contribution in [3.8, 4) is 0 Å². The number of nitrogens with one attached hydrogen (secondary N) is 1. The fraction of sp³-hybridized carbons (Fsp3) is 0.0952. The molecule has 8 nitrogen and oxygen atoms in total. The number of carbonyl (C=O) groups excluding carboxylic acids is 2. The minimum Gasteiger partial charge on any atom is -0.369 e. The molecular weight excluding hydrogens is 653 g/mol. The standard InChI is InChI=1S/C42H34N6O2S/c43-39-45-41(32-15-5-1-6-16-32,33-17-7-2-8-18-33)37(49)47(39)27-30-14-13-23-36(26-30)44-40-46-42(34-19-9-3-10-20-34,35-21-11-4-12-22-35)38(50)48(40)28-31-24-25-51-29-31/h1-26,29H,27-28H2,(H2,43,45)(H,44,46). The summed E-state index contributed by atoms with van der Waals surface area (Å²) in [5, 5.41) is 7.52. The minimum atomic E-state index is -1.29. The smallest absolute Gasteiger partial charge is 0.266 e. The van der Waals surface area contributed by atoms with Gasteiger partial charge in [0.2, 0.25) is 5.96 Å². The quantitative estimate of drug-likeness (QED) is 0.169. The number of hydrogen-bond acceptors (Lipinski definition) is 7. The Kier molecular flexibility index (Phi) is 8.25. The van der Waals surface area contributed by atoms with E-state index in [2.05, 4.69) is 5.32 Å². The van der Waals surface area contributed by atoms with Gasteiger partial charge >= 0.3 is 0 Å². The van der Waals surface area contributed by atoms with Crippen LogP contribution in [0.2, 0.25) is 0 Å². The minimum absolute atomic E-state index is 0.144. The van der Waals surface area contributed by atoms with Crippen molar-refractivity contribution in [3.05, 3.63) is 196 Å². The van der Waals surface area contributed by atoms with E-state index in [4.69, 9.17) is 15.7 Å². The molecule has 0 spiro atoms. The average molecular weight is 687 g/mol. The van der Waals surface area contributed by atoms with Crippen LogP contribution in [0.15, 0.2) is 172 Å². The molecule has 9 heteroatoms. The number of benzene rings is 5. The average Bonchev–Trinajstić information content (AvgIpc) is 3.87. The van der Waals surface area contributed by atoms with E-state index in [-0.39, 0.29) is 24.3 Å². The molecule has 3 heterocycles. The summed E-state index contributed by atoms with van der Waals surface area (Å²) >= 11 is 1.59. The number of thiophene rings is 1. The molecule has 1 aromatic heterocycles. The van der Waals surface area contributed by atoms with Crippen molar-refractivity contribution in [1.29, 1.82) is 0 Å². The van der Waals surface area contributed by atoms with E-state index in [1.54, 1.807) is 16.2 Å². The van der Waals surface area contributed by atoms with Crippen LogP contribution < -0.4 is 11.1 Å². The van der Waals surface area contributed by atoms with E-state index in [0.29, 0.717) is 18.2 Å². The molecule has 0 atom stereocenters. The molecule has 2 aliphatic heterocycles. The summed E-state index contributed by atoms with van der Waals surface area (Å²) in [6.07, 6.45) is 0. The van der Waals surface area contributed by atoms with Gasteiger partial charge in [-0.15, -0.1) is 0 Å². The third-order valence-corrected chi connectivity index (χ3v) is 10.1. The molecule has 0 unspecified atom stereocenters. The van der Waals surface area contributed by atoms with Crippen molar-refractivity contribution in [1.82, 2.24) is 9.80 Å². The first-order valence-electron chi connectivity index (χ1n) is 16.7. The molecule has 51 heavy (non-hydrogen) atoms. The summed E-state index contributed by atoms with van der Waals surface area (Å²) in [4.78, 5) is 42.5. The Bertz CT molecular complexity index is 2160. The zero-order chi connectivity index (χ0) is 34.8. The summed E-state index contributed by atoms with van der Waals surface area (Å²) in [5.74, 6) is 0.212. The molecule has 0 radical (unpaired) electrons. The number of amides is 2. The molecule has 2 aliphatic rings. The lowest BCUT2D eigenvalue weighted by Gasteiger charge is -2.27. The fourth-order valence-corrected chi connectivity index (χ4v) is 7.62. The monoisotopic (exact) mass is 686 g/mol. The van der Waals surface area contributed by atoms with E-state index in [1.807, 2.05) is 162 Å². The van der Waals surface area contributed by atoms with E-state index in [1.165, 1.54) is 4.90 Å². The van der Waals surface area contributed by atoms with Crippen LogP contribution in [0, 0.1) is 0 Å². The van der Waals surface area contributed by atoms with Crippen molar-refractivity contribution >= 4 is 40.8 Å². The van der Waals surface area contributed by atoms with Crippen LogP contribution in [-0.2, 0) is 33.8 Å². The molecule has 250 valence electrons. The number of rotatable bonds is 9. The first kappa shape index (κ1) is 31.9. The van der Waals surface area contributed by atoms with Gasteiger partial charge in [-0.1, -0.05) is 133 Å². The summed E-state index contributed by atoms with van der Waals surface area (Å²) < 4.78 is 0. The van der Waals surface area contributed by atoms with Crippen molar-refractivity contribution in [2.75, 3.05) is 5.32 Å². The van der Waals surface area contributed by atoms with Gasteiger partial charge in [-0.3, -0.25) is 19.4 Å². The fourth-order valence-electron chi connectivity index (χ4n) is 6.96.